The molecule has 0 N–H and O–H groups in total. The van der Waals surface area contributed by atoms with Gasteiger partial charge in [0.2, 0.25) is 0 Å². The zero-order chi connectivity index (χ0) is 15.1. The predicted octanol–water partition coefficient (Wildman–Crippen LogP) is 5.70. The third-order valence-electron chi connectivity index (χ3n) is 3.15. The van der Waals surface area contributed by atoms with Gasteiger partial charge in [0.15, 0.2) is 5.82 Å². The van der Waals surface area contributed by atoms with Gasteiger partial charge in [0.25, 0.3) is 0 Å². The van der Waals surface area contributed by atoms with Crippen LogP contribution in [0.1, 0.15) is 5.56 Å². The smallest absolute Gasteiger partial charge is 0.163 e. The van der Waals surface area contributed by atoms with Crippen LogP contribution in [0.25, 0.3) is 22.3 Å². The van der Waals surface area contributed by atoms with Crippen molar-refractivity contribution in [2.45, 2.75) is 6.92 Å². The van der Waals surface area contributed by atoms with Gasteiger partial charge in [-0.2, -0.15) is 0 Å². The number of benzene rings is 2. The van der Waals surface area contributed by atoms with Crippen molar-refractivity contribution in [1.82, 2.24) is 9.97 Å². The monoisotopic (exact) mass is 340 g/mol. The van der Waals surface area contributed by atoms with Crippen molar-refractivity contribution in [3.05, 3.63) is 56.9 Å². The van der Waals surface area contributed by atoms with E-state index in [1.165, 1.54) is 6.07 Å². The quantitative estimate of drug-likeness (QED) is 0.530. The second kappa shape index (κ2) is 5.41. The zero-order valence-electron chi connectivity index (χ0n) is 10.8. The van der Waals surface area contributed by atoms with E-state index in [-0.39, 0.29) is 16.0 Å². The molecule has 3 rings (SSSR count). The van der Waals surface area contributed by atoms with Gasteiger partial charge in [-0.1, -0.05) is 46.9 Å². The normalized spacial score (nSPS) is 11.1. The minimum Gasteiger partial charge on any atom is -0.227 e. The molecule has 106 valence electrons. The lowest BCUT2D eigenvalue weighted by Gasteiger charge is -2.09. The molecule has 0 atom stereocenters. The lowest BCUT2D eigenvalue weighted by atomic mass is 10.1. The maximum atomic E-state index is 13.6. The molecule has 1 heterocycles. The van der Waals surface area contributed by atoms with Gasteiger partial charge in [-0.3, -0.25) is 0 Å². The average Bonchev–Trinajstić information content (AvgIpc) is 2.45. The molecule has 0 aliphatic rings. The Morgan fingerprint density at radius 3 is 2.52 bits per heavy atom. The molecule has 1 aromatic heterocycles. The summed E-state index contributed by atoms with van der Waals surface area (Å²) in [6.07, 6.45) is 0. The van der Waals surface area contributed by atoms with E-state index in [1.807, 2.05) is 13.0 Å². The molecule has 0 saturated carbocycles. The molecular weight excluding hydrogens is 334 g/mol. The summed E-state index contributed by atoms with van der Waals surface area (Å²) in [6.45, 7) is 1.89. The molecule has 0 saturated heterocycles. The van der Waals surface area contributed by atoms with Crippen LogP contribution in [-0.4, -0.2) is 9.97 Å². The van der Waals surface area contributed by atoms with Crippen LogP contribution in [0.2, 0.25) is 15.2 Å². The van der Waals surface area contributed by atoms with Crippen molar-refractivity contribution < 1.29 is 4.39 Å². The van der Waals surface area contributed by atoms with Crippen molar-refractivity contribution in [3.63, 3.8) is 0 Å². The molecule has 0 bridgehead atoms. The highest BCUT2D eigenvalue weighted by molar-refractivity contribution is 6.41. The van der Waals surface area contributed by atoms with E-state index in [0.717, 1.165) is 5.56 Å². The Bertz CT molecular complexity index is 865. The van der Waals surface area contributed by atoms with Crippen molar-refractivity contribution in [1.29, 1.82) is 0 Å². The number of hydrogen-bond donors (Lipinski definition) is 0. The number of aryl methyl sites for hydroxylation is 1. The third kappa shape index (κ3) is 2.46. The molecule has 0 radical (unpaired) electrons. The largest absolute Gasteiger partial charge is 0.227 e. The van der Waals surface area contributed by atoms with Gasteiger partial charge in [-0.15, -0.1) is 0 Å². The van der Waals surface area contributed by atoms with Crippen molar-refractivity contribution in [2.24, 2.45) is 0 Å². The van der Waals surface area contributed by atoms with Crippen LogP contribution in [0.15, 0.2) is 30.3 Å². The van der Waals surface area contributed by atoms with Crippen LogP contribution in [0.3, 0.4) is 0 Å². The summed E-state index contributed by atoms with van der Waals surface area (Å²) in [6, 6.07) is 8.04. The first kappa shape index (κ1) is 14.5. The Hall–Kier alpha value is -1.42. The Morgan fingerprint density at radius 1 is 1.00 bits per heavy atom. The molecule has 21 heavy (non-hydrogen) atoms. The Morgan fingerprint density at radius 2 is 1.76 bits per heavy atom. The minimum absolute atomic E-state index is 0.0346. The highest BCUT2D eigenvalue weighted by Crippen LogP contribution is 2.34. The van der Waals surface area contributed by atoms with Crippen LogP contribution >= 0.6 is 34.8 Å². The van der Waals surface area contributed by atoms with Gasteiger partial charge in [0.1, 0.15) is 11.0 Å². The van der Waals surface area contributed by atoms with Crippen molar-refractivity contribution in [2.75, 3.05) is 0 Å². The van der Waals surface area contributed by atoms with Crippen LogP contribution in [-0.2, 0) is 0 Å². The van der Waals surface area contributed by atoms with Crippen LogP contribution in [0, 0.1) is 12.7 Å². The summed E-state index contributed by atoms with van der Waals surface area (Å²) in [5.74, 6) is -0.265. The first-order chi connectivity index (χ1) is 9.99. The molecule has 0 aliphatic heterocycles. The topological polar surface area (TPSA) is 25.8 Å². The average molecular weight is 342 g/mol. The summed E-state index contributed by atoms with van der Waals surface area (Å²) in [7, 11) is 0. The van der Waals surface area contributed by atoms with E-state index < -0.39 is 5.82 Å². The molecule has 6 heteroatoms. The standard InChI is InChI=1S/C15H8Cl3FN2/c1-7-5-6-9(16)11-13(7)20-15(21-14(11)18)8-3-2-4-10(19)12(8)17/h2-6H,1H3. The highest BCUT2D eigenvalue weighted by atomic mass is 35.5. The maximum Gasteiger partial charge on any atom is 0.163 e. The van der Waals surface area contributed by atoms with E-state index in [1.54, 1.807) is 18.2 Å². The van der Waals surface area contributed by atoms with E-state index in [2.05, 4.69) is 9.97 Å². The molecule has 2 aromatic carbocycles. The van der Waals surface area contributed by atoms with Gasteiger partial charge in [0, 0.05) is 5.56 Å². The molecule has 0 amide bonds. The van der Waals surface area contributed by atoms with Crippen LogP contribution in [0.5, 0.6) is 0 Å². The van der Waals surface area contributed by atoms with Crippen molar-refractivity contribution in [3.8, 4) is 11.4 Å². The Kier molecular flexibility index (Phi) is 3.74. The number of hydrogen-bond acceptors (Lipinski definition) is 2. The second-order valence-corrected chi connectivity index (χ2v) is 5.67. The van der Waals surface area contributed by atoms with E-state index >= 15 is 0 Å². The molecule has 3 aromatic rings. The Balaban J connectivity index is 2.36. The number of fused-ring (bicyclic) bond motifs is 1. The highest BCUT2D eigenvalue weighted by Gasteiger charge is 2.15. The number of rotatable bonds is 1. The third-order valence-corrected chi connectivity index (χ3v) is 4.12. The van der Waals surface area contributed by atoms with E-state index in [0.29, 0.717) is 21.5 Å². The number of aromatic nitrogens is 2. The lowest BCUT2D eigenvalue weighted by molar-refractivity contribution is 0.628. The number of halogens is 4. The second-order valence-electron chi connectivity index (χ2n) is 4.53. The molecule has 0 unspecified atom stereocenters. The minimum atomic E-state index is -0.531. The predicted molar refractivity (Wildman–Crippen MR) is 84.7 cm³/mol. The molecule has 0 fully saturated rings. The van der Waals surface area contributed by atoms with Crippen LogP contribution in [0.4, 0.5) is 4.39 Å². The van der Waals surface area contributed by atoms with Gasteiger partial charge in [-0.25, -0.2) is 14.4 Å². The fourth-order valence-electron chi connectivity index (χ4n) is 2.09. The van der Waals surface area contributed by atoms with Crippen molar-refractivity contribution >= 4 is 45.7 Å². The summed E-state index contributed by atoms with van der Waals surface area (Å²) in [4.78, 5) is 8.63. The molecule has 0 spiro atoms. The summed E-state index contributed by atoms with van der Waals surface area (Å²) >= 11 is 18.3. The molecule has 2 nitrogen and oxygen atoms in total. The van der Waals surface area contributed by atoms with Gasteiger partial charge in [-0.05, 0) is 30.7 Å². The van der Waals surface area contributed by atoms with Gasteiger partial charge in [0.05, 0.1) is 20.9 Å². The maximum absolute atomic E-state index is 13.6. The fraction of sp³-hybridized carbons (Fsp3) is 0.0667. The first-order valence-electron chi connectivity index (χ1n) is 6.06. The summed E-state index contributed by atoms with van der Waals surface area (Å²) < 4.78 is 13.6. The first-order valence-corrected chi connectivity index (χ1v) is 7.19. The summed E-state index contributed by atoms with van der Waals surface area (Å²) in [5.41, 5.74) is 1.91. The zero-order valence-corrected chi connectivity index (χ0v) is 13.1. The van der Waals surface area contributed by atoms with E-state index in [4.69, 9.17) is 34.8 Å². The van der Waals surface area contributed by atoms with Gasteiger partial charge < -0.3 is 0 Å². The van der Waals surface area contributed by atoms with Gasteiger partial charge >= 0.3 is 0 Å². The molecular formula is C15H8Cl3FN2. The van der Waals surface area contributed by atoms with Crippen LogP contribution < -0.4 is 0 Å². The SMILES string of the molecule is Cc1ccc(Cl)c2c(Cl)nc(-c3cccc(F)c3Cl)nc12. The number of nitrogens with zero attached hydrogens (tertiary/aromatic N) is 2. The van der Waals surface area contributed by atoms with E-state index in [9.17, 15) is 4.39 Å². The molecule has 0 aliphatic carbocycles. The summed E-state index contributed by atoms with van der Waals surface area (Å²) in [5, 5.41) is 1.23. The fourth-order valence-corrected chi connectivity index (χ4v) is 2.86. The lowest BCUT2D eigenvalue weighted by Crippen LogP contribution is -1.95. The Labute approximate surface area is 135 Å².